The molecule has 0 heterocycles. The van der Waals surface area contributed by atoms with Crippen LogP contribution in [0.3, 0.4) is 0 Å². The van der Waals surface area contributed by atoms with Crippen molar-refractivity contribution >= 4 is 28.3 Å². The fourth-order valence-electron chi connectivity index (χ4n) is 1.71. The number of esters is 1. The van der Waals surface area contributed by atoms with Crippen molar-refractivity contribution < 1.29 is 9.53 Å². The summed E-state index contributed by atoms with van der Waals surface area (Å²) in [5.74, 6) is -0.298. The van der Waals surface area contributed by atoms with Crippen LogP contribution in [0.2, 0.25) is 5.02 Å². The summed E-state index contributed by atoms with van der Waals surface area (Å²) in [4.78, 5) is 11.9. The Morgan fingerprint density at radius 3 is 2.71 bits per heavy atom. The zero-order chi connectivity index (χ0) is 12.4. The lowest BCUT2D eigenvalue weighted by molar-refractivity contribution is 0.0380. The van der Waals surface area contributed by atoms with E-state index >= 15 is 0 Å². The Labute approximate surface area is 105 Å². The molecule has 0 radical (unpaired) electrons. The van der Waals surface area contributed by atoms with Crippen LogP contribution in [0.1, 0.15) is 24.2 Å². The maximum absolute atomic E-state index is 11.9. The number of fused-ring (bicyclic) bond motifs is 1. The summed E-state index contributed by atoms with van der Waals surface area (Å²) in [6.07, 6.45) is -0.120. The zero-order valence-corrected chi connectivity index (χ0v) is 10.5. The number of ether oxygens (including phenoxy) is 1. The van der Waals surface area contributed by atoms with Crippen molar-refractivity contribution in [2.24, 2.45) is 0 Å². The molecule has 0 saturated carbocycles. The SMILES string of the molecule is CC(C)OC(=O)c1cccc2cc(Cl)ccc12. The van der Waals surface area contributed by atoms with Gasteiger partial charge in [0.2, 0.25) is 0 Å². The molecule has 0 amide bonds. The number of halogens is 1. The molecule has 0 spiro atoms. The van der Waals surface area contributed by atoms with Crippen molar-refractivity contribution in [2.45, 2.75) is 20.0 Å². The smallest absolute Gasteiger partial charge is 0.339 e. The van der Waals surface area contributed by atoms with Crippen molar-refractivity contribution in [2.75, 3.05) is 0 Å². The van der Waals surface area contributed by atoms with Crippen LogP contribution in [0.5, 0.6) is 0 Å². The van der Waals surface area contributed by atoms with Gasteiger partial charge in [-0.15, -0.1) is 0 Å². The first-order chi connectivity index (χ1) is 8.08. The molecular formula is C14H13ClO2. The van der Waals surface area contributed by atoms with Gasteiger partial charge in [-0.2, -0.15) is 0 Å². The van der Waals surface area contributed by atoms with Crippen molar-refractivity contribution in [1.82, 2.24) is 0 Å². The topological polar surface area (TPSA) is 26.3 Å². The van der Waals surface area contributed by atoms with Crippen molar-refractivity contribution in [3.63, 3.8) is 0 Å². The molecule has 0 atom stereocenters. The molecule has 0 bridgehead atoms. The Kier molecular flexibility index (Phi) is 3.34. The Bertz CT molecular complexity index is 561. The molecule has 2 rings (SSSR count). The third kappa shape index (κ3) is 2.59. The molecule has 3 heteroatoms. The van der Waals surface area contributed by atoms with Crippen molar-refractivity contribution in [1.29, 1.82) is 0 Å². The van der Waals surface area contributed by atoms with E-state index in [0.29, 0.717) is 10.6 Å². The van der Waals surface area contributed by atoms with E-state index in [1.54, 1.807) is 12.1 Å². The fraction of sp³-hybridized carbons (Fsp3) is 0.214. The fourth-order valence-corrected chi connectivity index (χ4v) is 1.89. The van der Waals surface area contributed by atoms with Gasteiger partial charge < -0.3 is 4.74 Å². The largest absolute Gasteiger partial charge is 0.459 e. The Morgan fingerprint density at radius 2 is 2.00 bits per heavy atom. The average Bonchev–Trinajstić information content (AvgIpc) is 2.26. The summed E-state index contributed by atoms with van der Waals surface area (Å²) in [7, 11) is 0. The number of carbonyl (C=O) groups is 1. The average molecular weight is 249 g/mol. The van der Waals surface area contributed by atoms with E-state index in [2.05, 4.69) is 0 Å². The summed E-state index contributed by atoms with van der Waals surface area (Å²) in [6, 6.07) is 11.0. The third-order valence-electron chi connectivity index (χ3n) is 2.41. The Morgan fingerprint density at radius 1 is 1.24 bits per heavy atom. The first-order valence-corrected chi connectivity index (χ1v) is 5.85. The number of rotatable bonds is 2. The minimum Gasteiger partial charge on any atom is -0.459 e. The first kappa shape index (κ1) is 11.9. The normalized spacial score (nSPS) is 10.8. The highest BCUT2D eigenvalue weighted by Crippen LogP contribution is 2.23. The second kappa shape index (κ2) is 4.76. The van der Waals surface area contributed by atoms with Gasteiger partial charge in [-0.25, -0.2) is 4.79 Å². The summed E-state index contributed by atoms with van der Waals surface area (Å²) in [5, 5.41) is 2.46. The van der Waals surface area contributed by atoms with E-state index in [0.717, 1.165) is 10.8 Å². The van der Waals surface area contributed by atoms with Gasteiger partial charge in [-0.1, -0.05) is 29.8 Å². The molecule has 0 aliphatic rings. The van der Waals surface area contributed by atoms with Gasteiger partial charge in [0, 0.05) is 5.02 Å². The van der Waals surface area contributed by atoms with Gasteiger partial charge in [-0.3, -0.25) is 0 Å². The van der Waals surface area contributed by atoms with E-state index in [1.807, 2.05) is 38.1 Å². The first-order valence-electron chi connectivity index (χ1n) is 5.47. The highest BCUT2D eigenvalue weighted by atomic mass is 35.5. The molecule has 0 aliphatic carbocycles. The minimum atomic E-state index is -0.298. The van der Waals surface area contributed by atoms with Gasteiger partial charge in [-0.05, 0) is 42.8 Å². The maximum Gasteiger partial charge on any atom is 0.339 e. The predicted molar refractivity (Wildman–Crippen MR) is 69.5 cm³/mol. The Hall–Kier alpha value is -1.54. The van der Waals surface area contributed by atoms with Crippen LogP contribution in [0.4, 0.5) is 0 Å². The van der Waals surface area contributed by atoms with Crippen LogP contribution < -0.4 is 0 Å². The lowest BCUT2D eigenvalue weighted by atomic mass is 10.0. The monoisotopic (exact) mass is 248 g/mol. The van der Waals surface area contributed by atoms with Crippen LogP contribution >= 0.6 is 11.6 Å². The van der Waals surface area contributed by atoms with E-state index in [1.165, 1.54) is 0 Å². The van der Waals surface area contributed by atoms with Gasteiger partial charge in [0.1, 0.15) is 0 Å². The summed E-state index contributed by atoms with van der Waals surface area (Å²) in [6.45, 7) is 3.67. The van der Waals surface area contributed by atoms with Crippen LogP contribution in [-0.4, -0.2) is 12.1 Å². The minimum absolute atomic E-state index is 0.120. The Balaban J connectivity index is 2.51. The summed E-state index contributed by atoms with van der Waals surface area (Å²) >= 11 is 5.92. The van der Waals surface area contributed by atoms with Crippen molar-refractivity contribution in [3.8, 4) is 0 Å². The van der Waals surface area contributed by atoms with Gasteiger partial charge >= 0.3 is 5.97 Å². The van der Waals surface area contributed by atoms with Crippen LogP contribution in [0, 0.1) is 0 Å². The number of hydrogen-bond acceptors (Lipinski definition) is 2. The van der Waals surface area contributed by atoms with E-state index in [4.69, 9.17) is 16.3 Å². The molecule has 0 fully saturated rings. The maximum atomic E-state index is 11.9. The highest BCUT2D eigenvalue weighted by Gasteiger charge is 2.12. The molecule has 0 unspecified atom stereocenters. The quantitative estimate of drug-likeness (QED) is 0.750. The number of benzene rings is 2. The zero-order valence-electron chi connectivity index (χ0n) is 9.74. The number of carbonyl (C=O) groups excluding carboxylic acids is 1. The molecule has 88 valence electrons. The summed E-state index contributed by atoms with van der Waals surface area (Å²) in [5.41, 5.74) is 0.577. The molecule has 2 aromatic carbocycles. The second-order valence-electron chi connectivity index (χ2n) is 4.13. The van der Waals surface area contributed by atoms with Crippen LogP contribution in [0.25, 0.3) is 10.8 Å². The molecule has 0 aliphatic heterocycles. The van der Waals surface area contributed by atoms with Crippen LogP contribution in [0.15, 0.2) is 36.4 Å². The molecule has 2 aromatic rings. The number of hydrogen-bond donors (Lipinski definition) is 0. The molecular weight excluding hydrogens is 236 g/mol. The lowest BCUT2D eigenvalue weighted by Gasteiger charge is -2.10. The van der Waals surface area contributed by atoms with Crippen LogP contribution in [-0.2, 0) is 4.74 Å². The standard InChI is InChI=1S/C14H13ClO2/c1-9(2)17-14(16)13-5-3-4-10-8-11(15)6-7-12(10)13/h3-9H,1-2H3. The summed E-state index contributed by atoms with van der Waals surface area (Å²) < 4.78 is 5.20. The molecule has 0 N–H and O–H groups in total. The highest BCUT2D eigenvalue weighted by molar-refractivity contribution is 6.31. The molecule has 0 aromatic heterocycles. The van der Waals surface area contributed by atoms with E-state index in [9.17, 15) is 4.79 Å². The lowest BCUT2D eigenvalue weighted by Crippen LogP contribution is -2.11. The molecule has 2 nitrogen and oxygen atoms in total. The van der Waals surface area contributed by atoms with E-state index in [-0.39, 0.29) is 12.1 Å². The molecule has 17 heavy (non-hydrogen) atoms. The van der Waals surface area contributed by atoms with Gasteiger partial charge in [0.15, 0.2) is 0 Å². The predicted octanol–water partition coefficient (Wildman–Crippen LogP) is 4.06. The van der Waals surface area contributed by atoms with Gasteiger partial charge in [0.25, 0.3) is 0 Å². The molecule has 0 saturated heterocycles. The van der Waals surface area contributed by atoms with Crippen molar-refractivity contribution in [3.05, 3.63) is 47.0 Å². The van der Waals surface area contributed by atoms with E-state index < -0.39 is 0 Å². The third-order valence-corrected chi connectivity index (χ3v) is 2.64. The van der Waals surface area contributed by atoms with Gasteiger partial charge in [0.05, 0.1) is 11.7 Å². The second-order valence-corrected chi connectivity index (χ2v) is 4.56.